The van der Waals surface area contributed by atoms with Crippen LogP contribution in [-0.4, -0.2) is 11.7 Å². The fourth-order valence-electron chi connectivity index (χ4n) is 2.78. The normalized spacial score (nSPS) is 11.6. The van der Waals surface area contributed by atoms with E-state index in [0.29, 0.717) is 16.8 Å². The molecule has 0 amide bonds. The van der Waals surface area contributed by atoms with E-state index < -0.39 is 17.7 Å². The molecule has 0 bridgehead atoms. The molecule has 0 radical (unpaired) electrons. The van der Waals surface area contributed by atoms with E-state index >= 15 is 0 Å². The SMILES string of the molecule is C/C(=N\OC(=O)c1ccc(C(F)(F)F)cc1)c1ccccc1-c1ccc(C#N)cc1. The summed E-state index contributed by atoms with van der Waals surface area (Å²) in [5, 5.41) is 12.8. The van der Waals surface area contributed by atoms with Crippen molar-refractivity contribution in [2.45, 2.75) is 13.1 Å². The highest BCUT2D eigenvalue weighted by atomic mass is 19.4. The summed E-state index contributed by atoms with van der Waals surface area (Å²) in [6.07, 6.45) is -4.48. The fourth-order valence-corrected chi connectivity index (χ4v) is 2.78. The molecule has 0 unspecified atom stereocenters. The molecule has 3 aromatic rings. The second-order valence-electron chi connectivity index (χ2n) is 6.37. The molecular formula is C23H15F3N2O2. The van der Waals surface area contributed by atoms with Crippen LogP contribution in [0.5, 0.6) is 0 Å². The summed E-state index contributed by atoms with van der Waals surface area (Å²) in [6.45, 7) is 1.66. The van der Waals surface area contributed by atoms with Gasteiger partial charge < -0.3 is 4.84 Å². The van der Waals surface area contributed by atoms with E-state index in [9.17, 15) is 18.0 Å². The van der Waals surface area contributed by atoms with E-state index in [2.05, 4.69) is 11.2 Å². The van der Waals surface area contributed by atoms with Crippen LogP contribution in [0.15, 0.2) is 78.0 Å². The zero-order valence-corrected chi connectivity index (χ0v) is 15.8. The first-order valence-corrected chi connectivity index (χ1v) is 8.83. The Hall–Kier alpha value is -3.92. The zero-order chi connectivity index (χ0) is 21.7. The van der Waals surface area contributed by atoms with Gasteiger partial charge in [-0.3, -0.25) is 0 Å². The van der Waals surface area contributed by atoms with Gasteiger partial charge in [-0.05, 0) is 54.4 Å². The molecule has 3 rings (SSSR count). The summed E-state index contributed by atoms with van der Waals surface area (Å²) in [5.41, 5.74) is 2.45. The van der Waals surface area contributed by atoms with Gasteiger partial charge in [0.05, 0.1) is 28.5 Å². The monoisotopic (exact) mass is 408 g/mol. The van der Waals surface area contributed by atoms with Gasteiger partial charge in [-0.2, -0.15) is 18.4 Å². The molecule has 0 spiro atoms. The van der Waals surface area contributed by atoms with Crippen molar-refractivity contribution in [3.63, 3.8) is 0 Å². The molecule has 4 nitrogen and oxygen atoms in total. The molecule has 7 heteroatoms. The highest BCUT2D eigenvalue weighted by molar-refractivity contribution is 6.04. The molecule has 0 fully saturated rings. The van der Waals surface area contributed by atoms with Crippen molar-refractivity contribution in [1.29, 1.82) is 5.26 Å². The molecule has 0 aliphatic rings. The summed E-state index contributed by atoms with van der Waals surface area (Å²) in [6, 6.07) is 20.1. The first-order valence-electron chi connectivity index (χ1n) is 8.83. The standard InChI is InChI=1S/C23H15F3N2O2/c1-15(28-30-22(29)18-10-12-19(13-11-18)23(24,25)26)20-4-2-3-5-21(20)17-8-6-16(14-27)7-9-17/h2-13H,1H3/b28-15+. The number of oxime groups is 1. The van der Waals surface area contributed by atoms with Gasteiger partial charge in [-0.15, -0.1) is 0 Å². The van der Waals surface area contributed by atoms with Crippen LogP contribution in [0, 0.1) is 11.3 Å². The number of halogens is 3. The first-order chi connectivity index (χ1) is 14.3. The Morgan fingerprint density at radius 2 is 1.60 bits per heavy atom. The van der Waals surface area contributed by atoms with Gasteiger partial charge in [0, 0.05) is 5.56 Å². The number of carbonyl (C=O) groups excluding carboxylic acids is 1. The van der Waals surface area contributed by atoms with Crippen LogP contribution in [0.1, 0.15) is 34.0 Å². The predicted molar refractivity (Wildman–Crippen MR) is 106 cm³/mol. The van der Waals surface area contributed by atoms with Gasteiger partial charge in [-0.1, -0.05) is 41.6 Å². The smallest absolute Gasteiger partial charge is 0.313 e. The Morgan fingerprint density at radius 1 is 0.967 bits per heavy atom. The van der Waals surface area contributed by atoms with Gasteiger partial charge in [0.15, 0.2) is 0 Å². The predicted octanol–water partition coefficient (Wildman–Crippen LogP) is 5.83. The quantitative estimate of drug-likeness (QED) is 0.310. The van der Waals surface area contributed by atoms with Gasteiger partial charge in [0.2, 0.25) is 0 Å². The third-order valence-corrected chi connectivity index (χ3v) is 4.36. The highest BCUT2D eigenvalue weighted by Gasteiger charge is 2.30. The number of carbonyl (C=O) groups is 1. The molecule has 0 heterocycles. The molecule has 0 atom stereocenters. The van der Waals surface area contributed by atoms with Crippen LogP contribution in [0.25, 0.3) is 11.1 Å². The van der Waals surface area contributed by atoms with Crippen LogP contribution in [0.2, 0.25) is 0 Å². The molecule has 3 aromatic carbocycles. The Labute approximate surface area is 170 Å². The van der Waals surface area contributed by atoms with Crippen LogP contribution in [0.4, 0.5) is 13.2 Å². The van der Waals surface area contributed by atoms with Crippen LogP contribution in [-0.2, 0) is 11.0 Å². The maximum absolute atomic E-state index is 12.6. The number of alkyl halides is 3. The topological polar surface area (TPSA) is 62.4 Å². The maximum Gasteiger partial charge on any atom is 0.416 e. The van der Waals surface area contributed by atoms with Crippen molar-refractivity contribution in [2.75, 3.05) is 0 Å². The lowest BCUT2D eigenvalue weighted by atomic mass is 9.96. The fraction of sp³-hybridized carbons (Fsp3) is 0.0870. The van der Waals surface area contributed by atoms with Gasteiger partial charge in [0.25, 0.3) is 0 Å². The Balaban J connectivity index is 1.80. The van der Waals surface area contributed by atoms with E-state index in [0.717, 1.165) is 35.4 Å². The summed E-state index contributed by atoms with van der Waals surface area (Å²) in [4.78, 5) is 17.0. The van der Waals surface area contributed by atoms with Crippen molar-refractivity contribution in [3.8, 4) is 17.2 Å². The number of benzene rings is 3. The molecule has 0 aliphatic carbocycles. The van der Waals surface area contributed by atoms with Crippen molar-refractivity contribution in [3.05, 3.63) is 95.1 Å². The largest absolute Gasteiger partial charge is 0.416 e. The van der Waals surface area contributed by atoms with E-state index in [1.807, 2.05) is 12.1 Å². The Kier molecular flexibility index (Phi) is 5.98. The summed E-state index contributed by atoms with van der Waals surface area (Å²) < 4.78 is 37.9. The maximum atomic E-state index is 12.6. The lowest BCUT2D eigenvalue weighted by Gasteiger charge is -2.09. The van der Waals surface area contributed by atoms with Crippen molar-refractivity contribution in [2.24, 2.45) is 5.16 Å². The van der Waals surface area contributed by atoms with Crippen molar-refractivity contribution in [1.82, 2.24) is 0 Å². The third kappa shape index (κ3) is 4.73. The van der Waals surface area contributed by atoms with E-state index in [4.69, 9.17) is 10.1 Å². The average Bonchev–Trinajstić information content (AvgIpc) is 2.76. The van der Waals surface area contributed by atoms with Crippen LogP contribution < -0.4 is 0 Å². The molecule has 0 aliphatic heterocycles. The first kappa shape index (κ1) is 20.8. The van der Waals surface area contributed by atoms with Crippen molar-refractivity contribution >= 4 is 11.7 Å². The third-order valence-electron chi connectivity index (χ3n) is 4.36. The van der Waals surface area contributed by atoms with Crippen LogP contribution in [0.3, 0.4) is 0 Å². The number of nitrogens with zero attached hydrogens (tertiary/aromatic N) is 2. The van der Waals surface area contributed by atoms with E-state index in [1.54, 1.807) is 43.3 Å². The lowest BCUT2D eigenvalue weighted by molar-refractivity contribution is -0.137. The van der Waals surface area contributed by atoms with Gasteiger partial charge in [-0.25, -0.2) is 4.79 Å². The van der Waals surface area contributed by atoms with Crippen molar-refractivity contribution < 1.29 is 22.8 Å². The lowest BCUT2D eigenvalue weighted by Crippen LogP contribution is -2.07. The van der Waals surface area contributed by atoms with Gasteiger partial charge >= 0.3 is 12.1 Å². The highest BCUT2D eigenvalue weighted by Crippen LogP contribution is 2.29. The average molecular weight is 408 g/mol. The minimum absolute atomic E-state index is 0.0417. The summed E-state index contributed by atoms with van der Waals surface area (Å²) in [7, 11) is 0. The number of hydrogen-bond acceptors (Lipinski definition) is 4. The molecule has 150 valence electrons. The second-order valence-corrected chi connectivity index (χ2v) is 6.37. The molecule has 0 saturated heterocycles. The van der Waals surface area contributed by atoms with Crippen LogP contribution >= 0.6 is 0 Å². The molecular weight excluding hydrogens is 393 g/mol. The van der Waals surface area contributed by atoms with Gasteiger partial charge in [0.1, 0.15) is 0 Å². The zero-order valence-electron chi connectivity index (χ0n) is 15.8. The number of rotatable bonds is 4. The summed E-state index contributed by atoms with van der Waals surface area (Å²) >= 11 is 0. The minimum Gasteiger partial charge on any atom is -0.313 e. The minimum atomic E-state index is -4.48. The second kappa shape index (κ2) is 8.62. The van der Waals surface area contributed by atoms with E-state index in [1.165, 1.54) is 0 Å². The molecule has 0 saturated carbocycles. The summed E-state index contributed by atoms with van der Waals surface area (Å²) in [5.74, 6) is -0.862. The molecule has 0 N–H and O–H groups in total. The van der Waals surface area contributed by atoms with E-state index in [-0.39, 0.29) is 5.56 Å². The Morgan fingerprint density at radius 3 is 2.20 bits per heavy atom. The molecule has 30 heavy (non-hydrogen) atoms. The molecule has 0 aromatic heterocycles. The Bertz CT molecular complexity index is 1130. The number of nitriles is 1. The number of hydrogen-bond donors (Lipinski definition) is 0.